The number of unbranched alkanes of at least 4 members (excludes halogenated alkanes) is 4. The van der Waals surface area contributed by atoms with Gasteiger partial charge >= 0.3 is 11.9 Å². The summed E-state index contributed by atoms with van der Waals surface area (Å²) in [7, 11) is 0. The predicted molar refractivity (Wildman–Crippen MR) is 114 cm³/mol. The van der Waals surface area contributed by atoms with E-state index >= 15 is 0 Å². The molecule has 0 aromatic heterocycles. The van der Waals surface area contributed by atoms with Gasteiger partial charge in [-0.2, -0.15) is 0 Å². The van der Waals surface area contributed by atoms with Crippen LogP contribution in [0.25, 0.3) is 0 Å². The number of aliphatic carboxylic acids is 2. The van der Waals surface area contributed by atoms with Crippen molar-refractivity contribution in [1.29, 1.82) is 0 Å². The van der Waals surface area contributed by atoms with Gasteiger partial charge in [-0.3, -0.25) is 9.59 Å². The Bertz CT molecular complexity index is 614. The molecule has 4 nitrogen and oxygen atoms in total. The number of rotatable bonds is 14. The zero-order valence-corrected chi connectivity index (χ0v) is 18.1. The fourth-order valence-electron chi connectivity index (χ4n) is 3.23. The summed E-state index contributed by atoms with van der Waals surface area (Å²) in [6.45, 7) is 7.17. The van der Waals surface area contributed by atoms with Crippen LogP contribution in [0.1, 0.15) is 90.2 Å². The third-order valence-corrected chi connectivity index (χ3v) is 5.72. The van der Waals surface area contributed by atoms with Crippen molar-refractivity contribution in [3.05, 3.63) is 35.4 Å². The number of benzene rings is 1. The van der Waals surface area contributed by atoms with Crippen LogP contribution in [0.4, 0.5) is 0 Å². The molecule has 1 aromatic carbocycles. The predicted octanol–water partition coefficient (Wildman–Crippen LogP) is 6.11. The Morgan fingerprint density at radius 3 is 1.36 bits per heavy atom. The number of carboxylic acid groups (broad SMARTS) is 2. The Hall–Kier alpha value is -1.84. The van der Waals surface area contributed by atoms with E-state index in [-0.39, 0.29) is 0 Å². The topological polar surface area (TPSA) is 74.6 Å². The Morgan fingerprint density at radius 2 is 0.964 bits per heavy atom. The van der Waals surface area contributed by atoms with Gasteiger partial charge in [0.15, 0.2) is 0 Å². The van der Waals surface area contributed by atoms with Crippen molar-refractivity contribution < 1.29 is 19.8 Å². The van der Waals surface area contributed by atoms with E-state index < -0.39 is 22.8 Å². The lowest BCUT2D eigenvalue weighted by Gasteiger charge is -2.18. The number of aryl methyl sites for hydroxylation is 2. The smallest absolute Gasteiger partial charge is 0.309 e. The fourth-order valence-corrected chi connectivity index (χ4v) is 3.23. The summed E-state index contributed by atoms with van der Waals surface area (Å²) in [5.41, 5.74) is 1.42. The molecule has 158 valence electrons. The van der Waals surface area contributed by atoms with E-state index in [0.717, 1.165) is 57.8 Å². The Kier molecular flexibility index (Phi) is 9.71. The van der Waals surface area contributed by atoms with E-state index in [1.807, 2.05) is 0 Å². The van der Waals surface area contributed by atoms with Gasteiger partial charge in [0.05, 0.1) is 10.8 Å². The highest BCUT2D eigenvalue weighted by atomic mass is 16.4. The SMILES string of the molecule is CC(C)(CCCCCCc1ccc(CCCCC(C)(C)C(=O)O)cc1)C(=O)O. The monoisotopic (exact) mass is 390 g/mol. The van der Waals surface area contributed by atoms with Crippen LogP contribution >= 0.6 is 0 Å². The van der Waals surface area contributed by atoms with Crippen molar-refractivity contribution in [3.8, 4) is 0 Å². The molecule has 0 heterocycles. The molecule has 0 saturated carbocycles. The molecular formula is C24H38O4. The summed E-state index contributed by atoms with van der Waals surface area (Å²) in [6, 6.07) is 8.77. The Morgan fingerprint density at radius 1 is 0.643 bits per heavy atom. The van der Waals surface area contributed by atoms with Crippen molar-refractivity contribution in [2.75, 3.05) is 0 Å². The van der Waals surface area contributed by atoms with Gasteiger partial charge in [0.1, 0.15) is 0 Å². The molecule has 28 heavy (non-hydrogen) atoms. The molecule has 0 saturated heterocycles. The zero-order valence-electron chi connectivity index (χ0n) is 18.1. The first-order valence-electron chi connectivity index (χ1n) is 10.6. The molecule has 0 aliphatic rings. The maximum Gasteiger partial charge on any atom is 0.309 e. The summed E-state index contributed by atoms with van der Waals surface area (Å²) in [4.78, 5) is 22.2. The summed E-state index contributed by atoms with van der Waals surface area (Å²) < 4.78 is 0. The molecule has 2 N–H and O–H groups in total. The van der Waals surface area contributed by atoms with Crippen molar-refractivity contribution in [3.63, 3.8) is 0 Å². The first-order chi connectivity index (χ1) is 13.0. The van der Waals surface area contributed by atoms with Gasteiger partial charge in [0.2, 0.25) is 0 Å². The standard InChI is InChI=1S/C24H38O4/c1-23(2,21(25)26)17-9-6-5-7-11-19-13-15-20(16-14-19)12-8-10-18-24(3,4)22(27)28/h13-16H,5-12,17-18H2,1-4H3,(H,25,26)(H,27,28). The first-order valence-corrected chi connectivity index (χ1v) is 10.6. The van der Waals surface area contributed by atoms with Gasteiger partial charge in [0.25, 0.3) is 0 Å². The van der Waals surface area contributed by atoms with Crippen molar-refractivity contribution >= 4 is 11.9 Å². The Balaban J connectivity index is 2.20. The van der Waals surface area contributed by atoms with E-state index in [1.165, 1.54) is 11.1 Å². The summed E-state index contributed by atoms with van der Waals surface area (Å²) in [5.74, 6) is -1.43. The van der Waals surface area contributed by atoms with Crippen molar-refractivity contribution in [2.45, 2.75) is 91.9 Å². The second-order valence-corrected chi connectivity index (χ2v) is 9.32. The normalized spacial score (nSPS) is 12.1. The molecule has 0 aliphatic carbocycles. The van der Waals surface area contributed by atoms with Gasteiger partial charge in [-0.15, -0.1) is 0 Å². The molecule has 0 bridgehead atoms. The minimum absolute atomic E-state index is 0.612. The van der Waals surface area contributed by atoms with Gasteiger partial charge in [-0.05, 0) is 77.3 Å². The zero-order chi connectivity index (χ0) is 21.2. The number of carboxylic acids is 2. The average Bonchev–Trinajstić information content (AvgIpc) is 2.62. The fraction of sp³-hybridized carbons (Fsp3) is 0.667. The first kappa shape index (κ1) is 24.2. The average molecular weight is 391 g/mol. The summed E-state index contributed by atoms with van der Waals surface area (Å²) >= 11 is 0. The molecule has 1 aromatic rings. The molecule has 0 radical (unpaired) electrons. The van der Waals surface area contributed by atoms with Crippen LogP contribution in [0.15, 0.2) is 24.3 Å². The van der Waals surface area contributed by atoms with E-state index in [9.17, 15) is 9.59 Å². The van der Waals surface area contributed by atoms with Crippen LogP contribution in [0.2, 0.25) is 0 Å². The summed E-state index contributed by atoms with van der Waals surface area (Å²) in [6.07, 6.45) is 9.78. The molecule has 0 amide bonds. The molecular weight excluding hydrogens is 352 g/mol. The molecule has 1 rings (SSSR count). The molecule has 0 spiro atoms. The lowest BCUT2D eigenvalue weighted by atomic mass is 9.87. The number of carbonyl (C=O) groups is 2. The highest BCUT2D eigenvalue weighted by molar-refractivity contribution is 5.73. The van der Waals surface area contributed by atoms with Gasteiger partial charge < -0.3 is 10.2 Å². The van der Waals surface area contributed by atoms with Crippen molar-refractivity contribution in [1.82, 2.24) is 0 Å². The maximum atomic E-state index is 11.1. The lowest BCUT2D eigenvalue weighted by Crippen LogP contribution is -2.23. The number of hydrogen-bond acceptors (Lipinski definition) is 2. The second-order valence-electron chi connectivity index (χ2n) is 9.32. The highest BCUT2D eigenvalue weighted by Crippen LogP contribution is 2.25. The molecule has 0 fully saturated rings. The minimum Gasteiger partial charge on any atom is -0.481 e. The van der Waals surface area contributed by atoms with E-state index in [2.05, 4.69) is 24.3 Å². The molecule has 0 aliphatic heterocycles. The molecule has 0 unspecified atom stereocenters. The van der Waals surface area contributed by atoms with Crippen LogP contribution in [0, 0.1) is 10.8 Å². The van der Waals surface area contributed by atoms with E-state index in [1.54, 1.807) is 27.7 Å². The Labute approximate surface area is 170 Å². The van der Waals surface area contributed by atoms with Crippen LogP contribution in [0.5, 0.6) is 0 Å². The third kappa shape index (κ3) is 8.90. The minimum atomic E-state index is -0.720. The third-order valence-electron chi connectivity index (χ3n) is 5.72. The van der Waals surface area contributed by atoms with Gasteiger partial charge in [0, 0.05) is 0 Å². The van der Waals surface area contributed by atoms with Crippen LogP contribution in [-0.2, 0) is 22.4 Å². The van der Waals surface area contributed by atoms with Gasteiger partial charge in [-0.25, -0.2) is 0 Å². The highest BCUT2D eigenvalue weighted by Gasteiger charge is 2.26. The quantitative estimate of drug-likeness (QED) is 0.376. The number of hydrogen-bond donors (Lipinski definition) is 2. The lowest BCUT2D eigenvalue weighted by molar-refractivity contribution is -0.148. The molecule has 0 atom stereocenters. The summed E-state index contributed by atoms with van der Waals surface area (Å²) in [5, 5.41) is 18.3. The van der Waals surface area contributed by atoms with E-state index in [0.29, 0.717) is 6.42 Å². The largest absolute Gasteiger partial charge is 0.481 e. The molecule has 4 heteroatoms. The van der Waals surface area contributed by atoms with Crippen LogP contribution in [0.3, 0.4) is 0 Å². The second kappa shape index (κ2) is 11.2. The van der Waals surface area contributed by atoms with Crippen molar-refractivity contribution in [2.24, 2.45) is 10.8 Å². The van der Waals surface area contributed by atoms with Gasteiger partial charge in [-0.1, -0.05) is 49.9 Å². The van der Waals surface area contributed by atoms with Crippen LogP contribution in [-0.4, -0.2) is 22.2 Å². The van der Waals surface area contributed by atoms with E-state index in [4.69, 9.17) is 10.2 Å². The van der Waals surface area contributed by atoms with Crippen LogP contribution < -0.4 is 0 Å². The maximum absolute atomic E-state index is 11.1.